The van der Waals surface area contributed by atoms with Gasteiger partial charge >= 0.3 is 57.4 Å². The van der Waals surface area contributed by atoms with E-state index in [4.69, 9.17) is 0 Å². The Kier molecular flexibility index (Phi) is 10.6. The minimum atomic E-state index is -0.977. The van der Waals surface area contributed by atoms with Crippen LogP contribution in [0.5, 0.6) is 0 Å². The van der Waals surface area contributed by atoms with Gasteiger partial charge in [-0.1, -0.05) is 67.2 Å². The molecule has 1 fully saturated rings. The summed E-state index contributed by atoms with van der Waals surface area (Å²) in [7, 11) is 0. The number of rotatable bonds is 7. The number of thioether (sulfide) groups is 2. The molecule has 0 aliphatic carbocycles. The van der Waals surface area contributed by atoms with E-state index in [0.29, 0.717) is 24.3 Å². The first-order chi connectivity index (χ1) is 14.0. The zero-order chi connectivity index (χ0) is 20.8. The average molecular weight is 470 g/mol. The van der Waals surface area contributed by atoms with Crippen LogP contribution in [-0.4, -0.2) is 102 Å². The van der Waals surface area contributed by atoms with Crippen LogP contribution in [-0.2, 0) is 9.59 Å². The van der Waals surface area contributed by atoms with Gasteiger partial charge in [-0.15, -0.1) is 11.8 Å². The summed E-state index contributed by atoms with van der Waals surface area (Å²) in [5.74, 6) is -1.29. The fourth-order valence-electron chi connectivity index (χ4n) is 3.26. The Morgan fingerprint density at radius 2 is 1.67 bits per heavy atom. The van der Waals surface area contributed by atoms with Crippen LogP contribution in [0.2, 0.25) is 0 Å². The number of hydrogen-bond donors (Lipinski definition) is 1. The molecule has 5 nitrogen and oxygen atoms in total. The van der Waals surface area contributed by atoms with Crippen molar-refractivity contribution in [3.63, 3.8) is 0 Å². The molecular formula is C22H24KNO4S2. The van der Waals surface area contributed by atoms with Crippen molar-refractivity contribution < 1.29 is 19.5 Å². The Bertz CT molecular complexity index is 866. The first kappa shape index (κ1) is 25.6. The van der Waals surface area contributed by atoms with E-state index in [9.17, 15) is 19.5 Å². The Morgan fingerprint density at radius 1 is 1.07 bits per heavy atom. The molecule has 1 saturated heterocycles. The normalized spacial score (nSPS) is 19.0. The summed E-state index contributed by atoms with van der Waals surface area (Å²) in [5, 5.41) is 9.55. The molecular weight excluding hydrogens is 445 g/mol. The second-order valence-corrected chi connectivity index (χ2v) is 9.37. The standard InChI is InChI=1S/C22H23NO4S2.K.H/c1-15(14-28-22(27)16-8-4-2-5-9-16)20(24)23-13-18(12-19(23)21(25)26)29-17-10-6-3-7-11-17;;/h2-11,15,18-19H,12-14H2,1H3,(H,25,26);;/t15-,18+,19-;;/m1../s1. The third kappa shape index (κ3) is 6.95. The van der Waals surface area contributed by atoms with Gasteiger partial charge in [0.15, 0.2) is 0 Å². The summed E-state index contributed by atoms with van der Waals surface area (Å²) < 4.78 is 0. The van der Waals surface area contributed by atoms with Gasteiger partial charge in [0, 0.05) is 33.9 Å². The van der Waals surface area contributed by atoms with Crippen LogP contribution >= 0.6 is 23.5 Å². The molecule has 3 atom stereocenters. The Labute approximate surface area is 227 Å². The summed E-state index contributed by atoms with van der Waals surface area (Å²) in [4.78, 5) is 39.5. The molecule has 0 unspecified atom stereocenters. The molecule has 0 spiro atoms. The van der Waals surface area contributed by atoms with E-state index in [0.717, 1.165) is 16.7 Å². The predicted molar refractivity (Wildman–Crippen MR) is 123 cm³/mol. The maximum absolute atomic E-state index is 12.9. The first-order valence-corrected chi connectivity index (χ1v) is 11.3. The summed E-state index contributed by atoms with van der Waals surface area (Å²) in [6.07, 6.45) is 0.420. The fourth-order valence-corrected chi connectivity index (χ4v) is 5.32. The van der Waals surface area contributed by atoms with Gasteiger partial charge in [-0.05, 0) is 18.6 Å². The quantitative estimate of drug-likeness (QED) is 0.627. The van der Waals surface area contributed by atoms with Gasteiger partial charge in [0.25, 0.3) is 0 Å². The summed E-state index contributed by atoms with van der Waals surface area (Å²) in [6, 6.07) is 17.9. The van der Waals surface area contributed by atoms with E-state index >= 15 is 0 Å². The van der Waals surface area contributed by atoms with Crippen molar-refractivity contribution in [2.24, 2.45) is 5.92 Å². The molecule has 0 aromatic heterocycles. The molecule has 3 rings (SSSR count). The van der Waals surface area contributed by atoms with Gasteiger partial charge < -0.3 is 10.0 Å². The van der Waals surface area contributed by atoms with Crippen molar-refractivity contribution in [2.75, 3.05) is 12.3 Å². The van der Waals surface area contributed by atoms with Gasteiger partial charge in [-0.25, -0.2) is 4.79 Å². The third-order valence-corrected chi connectivity index (χ3v) is 7.16. The van der Waals surface area contributed by atoms with Crippen LogP contribution in [0.1, 0.15) is 23.7 Å². The van der Waals surface area contributed by atoms with E-state index in [-0.39, 0.29) is 67.7 Å². The molecule has 1 aliphatic heterocycles. The maximum atomic E-state index is 12.9. The van der Waals surface area contributed by atoms with Crippen LogP contribution in [0.4, 0.5) is 0 Å². The number of amides is 1. The number of benzene rings is 2. The van der Waals surface area contributed by atoms with Crippen LogP contribution < -0.4 is 0 Å². The molecule has 1 amide bonds. The number of nitrogens with zero attached hydrogens (tertiary/aromatic N) is 1. The average Bonchev–Trinajstić information content (AvgIpc) is 3.16. The molecule has 0 saturated carbocycles. The number of likely N-dealkylation sites (tertiary alicyclic amines) is 1. The number of carbonyl (C=O) groups excluding carboxylic acids is 2. The number of hydrogen-bond acceptors (Lipinski definition) is 5. The molecule has 1 aliphatic rings. The third-order valence-electron chi connectivity index (χ3n) is 4.77. The molecule has 0 bridgehead atoms. The van der Waals surface area contributed by atoms with E-state index < -0.39 is 17.9 Å². The second kappa shape index (κ2) is 12.4. The van der Waals surface area contributed by atoms with Gasteiger partial charge in [-0.2, -0.15) is 0 Å². The minimum absolute atomic E-state index is 0. The van der Waals surface area contributed by atoms with Crippen molar-refractivity contribution >= 4 is 91.9 Å². The summed E-state index contributed by atoms with van der Waals surface area (Å²) in [5.41, 5.74) is 0.598. The Hall–Kier alpha value is -0.614. The Balaban J connectivity index is 0.00000320. The monoisotopic (exact) mass is 469 g/mol. The van der Waals surface area contributed by atoms with Crippen molar-refractivity contribution in [1.29, 1.82) is 0 Å². The van der Waals surface area contributed by atoms with E-state index in [1.165, 1.54) is 4.90 Å². The topological polar surface area (TPSA) is 74.7 Å². The molecule has 8 heteroatoms. The molecule has 2 aromatic carbocycles. The number of aliphatic carboxylic acids is 1. The van der Waals surface area contributed by atoms with Crippen LogP contribution in [0.25, 0.3) is 0 Å². The van der Waals surface area contributed by atoms with Crippen molar-refractivity contribution in [1.82, 2.24) is 4.90 Å². The molecule has 154 valence electrons. The molecule has 30 heavy (non-hydrogen) atoms. The molecule has 1 heterocycles. The molecule has 1 N–H and O–H groups in total. The first-order valence-electron chi connectivity index (χ1n) is 9.43. The van der Waals surface area contributed by atoms with Crippen LogP contribution in [0, 0.1) is 5.92 Å². The van der Waals surface area contributed by atoms with Gasteiger partial charge in [-0.3, -0.25) is 9.59 Å². The number of carboxylic acid groups (broad SMARTS) is 1. The zero-order valence-corrected chi connectivity index (χ0v) is 17.7. The SMILES string of the molecule is C[C@H](CSC(=O)c1ccccc1)C(=O)N1C[C@@H](Sc2ccccc2)C[C@@H]1C(=O)O.[KH]. The Morgan fingerprint density at radius 3 is 2.27 bits per heavy atom. The van der Waals surface area contributed by atoms with Gasteiger partial charge in [0.1, 0.15) is 6.04 Å². The zero-order valence-electron chi connectivity index (χ0n) is 16.1. The fraction of sp³-hybridized carbons (Fsp3) is 0.318. The molecule has 2 aromatic rings. The van der Waals surface area contributed by atoms with Gasteiger partial charge in [0.05, 0.1) is 0 Å². The van der Waals surface area contributed by atoms with Crippen molar-refractivity contribution in [2.45, 2.75) is 29.5 Å². The van der Waals surface area contributed by atoms with E-state index in [1.54, 1.807) is 43.0 Å². The number of carbonyl (C=O) groups is 3. The van der Waals surface area contributed by atoms with Crippen LogP contribution in [0.3, 0.4) is 0 Å². The van der Waals surface area contributed by atoms with Gasteiger partial charge in [0.2, 0.25) is 11.0 Å². The van der Waals surface area contributed by atoms with Crippen molar-refractivity contribution in [3.05, 3.63) is 66.2 Å². The predicted octanol–water partition coefficient (Wildman–Crippen LogP) is 3.39. The van der Waals surface area contributed by atoms with E-state index in [2.05, 4.69) is 0 Å². The second-order valence-electron chi connectivity index (χ2n) is 7.00. The number of carboxylic acids is 1. The summed E-state index contributed by atoms with van der Waals surface area (Å²) >= 11 is 2.70. The van der Waals surface area contributed by atoms with Crippen molar-refractivity contribution in [3.8, 4) is 0 Å². The summed E-state index contributed by atoms with van der Waals surface area (Å²) in [6.45, 7) is 2.15. The molecule has 0 radical (unpaired) electrons. The van der Waals surface area contributed by atoms with Crippen LogP contribution in [0.15, 0.2) is 65.6 Å². The van der Waals surface area contributed by atoms with E-state index in [1.807, 2.05) is 36.4 Å².